The minimum absolute atomic E-state index is 0.0781. The summed E-state index contributed by atoms with van der Waals surface area (Å²) >= 11 is 0. The van der Waals surface area contributed by atoms with Gasteiger partial charge in [0.2, 0.25) is 5.91 Å². The van der Waals surface area contributed by atoms with E-state index in [0.717, 1.165) is 12.0 Å². The van der Waals surface area contributed by atoms with Crippen molar-refractivity contribution in [3.05, 3.63) is 59.2 Å². The highest BCUT2D eigenvalue weighted by Crippen LogP contribution is 2.39. The number of amides is 1. The van der Waals surface area contributed by atoms with Crippen LogP contribution in [0.25, 0.3) is 11.1 Å². The Balaban J connectivity index is 1.98. The maximum atomic E-state index is 11.9. The van der Waals surface area contributed by atoms with Crippen LogP contribution in [0.15, 0.2) is 42.5 Å². The summed E-state index contributed by atoms with van der Waals surface area (Å²) < 4.78 is 11.9. The van der Waals surface area contributed by atoms with Gasteiger partial charge >= 0.3 is 0 Å². The summed E-state index contributed by atoms with van der Waals surface area (Å²) in [6, 6.07) is 14.4. The van der Waals surface area contributed by atoms with E-state index in [1.165, 1.54) is 22.3 Å². The lowest BCUT2D eigenvalue weighted by molar-refractivity contribution is -0.115. The smallest absolute Gasteiger partial charge is 0.230 e. The summed E-state index contributed by atoms with van der Waals surface area (Å²) in [5.74, 6) is -0.220. The Hall–Kier alpha value is -1.94. The Kier molecular flexibility index (Phi) is 3.40. The second kappa shape index (κ2) is 5.21. The fourth-order valence-corrected chi connectivity index (χ4v) is 3.78. The molecule has 1 aliphatic carbocycles. The molecule has 0 heterocycles. The van der Waals surface area contributed by atoms with Crippen molar-refractivity contribution < 1.29 is 9.00 Å². The van der Waals surface area contributed by atoms with Gasteiger partial charge in [-0.3, -0.25) is 9.00 Å². The first-order valence-electron chi connectivity index (χ1n) is 6.47. The minimum Gasteiger partial charge on any atom is -0.369 e. The zero-order chi connectivity index (χ0) is 14.1. The first kappa shape index (κ1) is 13.1. The molecule has 2 aromatic rings. The van der Waals surface area contributed by atoms with Gasteiger partial charge in [0.25, 0.3) is 0 Å². The molecular formula is C16H15NO2S. The topological polar surface area (TPSA) is 60.2 Å². The van der Waals surface area contributed by atoms with Gasteiger partial charge in [0.05, 0.1) is 0 Å². The fourth-order valence-electron chi connectivity index (χ4n) is 2.77. The monoisotopic (exact) mass is 285 g/mol. The third kappa shape index (κ3) is 2.39. The van der Waals surface area contributed by atoms with Crippen LogP contribution in [0.1, 0.15) is 16.7 Å². The second-order valence-electron chi connectivity index (χ2n) is 4.98. The predicted octanol–water partition coefficient (Wildman–Crippen LogP) is 1.99. The summed E-state index contributed by atoms with van der Waals surface area (Å²) in [4.78, 5) is 10.9. The Labute approximate surface area is 120 Å². The highest BCUT2D eigenvalue weighted by molar-refractivity contribution is 7.84. The Morgan fingerprint density at radius 3 is 2.65 bits per heavy atom. The summed E-state index contributed by atoms with van der Waals surface area (Å²) in [6.45, 7) is 0. The number of nitrogens with two attached hydrogens (primary N) is 1. The van der Waals surface area contributed by atoms with Gasteiger partial charge in [0.15, 0.2) is 0 Å². The number of primary amides is 1. The third-order valence-corrected chi connectivity index (χ3v) is 4.76. The SMILES string of the molecule is NC(=O)C[S@](=O)Cc1cccc2c1-c1ccccc1C2. The van der Waals surface area contributed by atoms with Crippen molar-refractivity contribution in [2.75, 3.05) is 5.75 Å². The molecule has 3 rings (SSSR count). The summed E-state index contributed by atoms with van der Waals surface area (Å²) in [7, 11) is -1.24. The van der Waals surface area contributed by atoms with Crippen molar-refractivity contribution in [2.24, 2.45) is 5.73 Å². The van der Waals surface area contributed by atoms with Crippen molar-refractivity contribution in [1.82, 2.24) is 0 Å². The van der Waals surface area contributed by atoms with E-state index in [-0.39, 0.29) is 5.75 Å². The molecule has 1 amide bonds. The van der Waals surface area contributed by atoms with Crippen LogP contribution in [0.4, 0.5) is 0 Å². The van der Waals surface area contributed by atoms with Crippen molar-refractivity contribution in [1.29, 1.82) is 0 Å². The van der Waals surface area contributed by atoms with E-state index in [1.807, 2.05) is 24.3 Å². The number of rotatable bonds is 4. The van der Waals surface area contributed by atoms with Gasteiger partial charge in [-0.05, 0) is 34.2 Å². The van der Waals surface area contributed by atoms with Crippen molar-refractivity contribution in [3.63, 3.8) is 0 Å². The van der Waals surface area contributed by atoms with Crippen LogP contribution in [0.2, 0.25) is 0 Å². The normalized spacial score (nSPS) is 13.6. The number of fused-ring (bicyclic) bond motifs is 3. The maximum Gasteiger partial charge on any atom is 0.230 e. The van der Waals surface area contributed by atoms with Gasteiger partial charge in [0.1, 0.15) is 5.75 Å². The molecule has 2 aromatic carbocycles. The maximum absolute atomic E-state index is 11.9. The van der Waals surface area contributed by atoms with E-state index in [1.54, 1.807) is 0 Å². The molecule has 0 radical (unpaired) electrons. The third-order valence-electron chi connectivity index (χ3n) is 3.52. The van der Waals surface area contributed by atoms with Crippen LogP contribution in [-0.2, 0) is 27.8 Å². The number of carbonyl (C=O) groups excluding carboxylic acids is 1. The van der Waals surface area contributed by atoms with E-state index in [9.17, 15) is 9.00 Å². The number of hydrogen-bond donors (Lipinski definition) is 1. The summed E-state index contributed by atoms with van der Waals surface area (Å²) in [6.07, 6.45) is 0.918. The van der Waals surface area contributed by atoms with Gasteiger partial charge in [-0.25, -0.2) is 0 Å². The Morgan fingerprint density at radius 2 is 1.85 bits per heavy atom. The van der Waals surface area contributed by atoms with E-state index < -0.39 is 16.7 Å². The van der Waals surface area contributed by atoms with E-state index in [0.29, 0.717) is 5.75 Å². The molecule has 0 spiro atoms. The van der Waals surface area contributed by atoms with Crippen LogP contribution >= 0.6 is 0 Å². The number of carbonyl (C=O) groups is 1. The molecule has 3 nitrogen and oxygen atoms in total. The predicted molar refractivity (Wildman–Crippen MR) is 80.6 cm³/mol. The zero-order valence-electron chi connectivity index (χ0n) is 11.0. The van der Waals surface area contributed by atoms with Crippen molar-refractivity contribution in [3.8, 4) is 11.1 Å². The van der Waals surface area contributed by atoms with Crippen LogP contribution in [0.5, 0.6) is 0 Å². The fraction of sp³-hybridized carbons (Fsp3) is 0.188. The van der Waals surface area contributed by atoms with Gasteiger partial charge in [-0.1, -0.05) is 42.5 Å². The molecule has 4 heteroatoms. The second-order valence-corrected chi connectivity index (χ2v) is 6.44. The Morgan fingerprint density at radius 1 is 1.10 bits per heavy atom. The first-order valence-corrected chi connectivity index (χ1v) is 7.96. The van der Waals surface area contributed by atoms with E-state index in [2.05, 4.69) is 18.2 Å². The number of benzene rings is 2. The van der Waals surface area contributed by atoms with Gasteiger partial charge in [-0.2, -0.15) is 0 Å². The molecule has 0 aromatic heterocycles. The largest absolute Gasteiger partial charge is 0.369 e. The summed E-state index contributed by atoms with van der Waals surface area (Å²) in [5.41, 5.74) is 11.1. The molecule has 0 saturated heterocycles. The highest BCUT2D eigenvalue weighted by atomic mass is 32.2. The molecule has 0 aliphatic heterocycles. The van der Waals surface area contributed by atoms with Crippen LogP contribution in [-0.4, -0.2) is 15.9 Å². The standard InChI is InChI=1S/C16H15NO2S/c17-15(18)10-20(19)9-13-6-3-5-12-8-11-4-1-2-7-14(11)16(12)13/h1-7H,8-10H2,(H2,17,18)/t20-/m1/s1. The number of hydrogen-bond acceptors (Lipinski definition) is 2. The van der Waals surface area contributed by atoms with Gasteiger partial charge < -0.3 is 5.73 Å². The quantitative estimate of drug-likeness (QED) is 0.797. The molecule has 1 aliphatic rings. The highest BCUT2D eigenvalue weighted by Gasteiger charge is 2.21. The lowest BCUT2D eigenvalue weighted by Gasteiger charge is -2.09. The molecule has 0 saturated carbocycles. The lowest BCUT2D eigenvalue weighted by atomic mass is 10.0. The van der Waals surface area contributed by atoms with Crippen molar-refractivity contribution in [2.45, 2.75) is 12.2 Å². The first-order chi connectivity index (χ1) is 9.65. The lowest BCUT2D eigenvalue weighted by Crippen LogP contribution is -2.20. The molecule has 0 bridgehead atoms. The van der Waals surface area contributed by atoms with Crippen LogP contribution in [0, 0.1) is 0 Å². The van der Waals surface area contributed by atoms with Crippen molar-refractivity contribution >= 4 is 16.7 Å². The zero-order valence-corrected chi connectivity index (χ0v) is 11.8. The van der Waals surface area contributed by atoms with E-state index in [4.69, 9.17) is 5.73 Å². The molecule has 0 unspecified atom stereocenters. The Bertz CT molecular complexity index is 709. The minimum atomic E-state index is -1.24. The molecule has 1 atom stereocenters. The molecular weight excluding hydrogens is 270 g/mol. The average Bonchev–Trinajstić information content (AvgIpc) is 2.77. The molecule has 20 heavy (non-hydrogen) atoms. The van der Waals surface area contributed by atoms with E-state index >= 15 is 0 Å². The van der Waals surface area contributed by atoms with Crippen LogP contribution < -0.4 is 5.73 Å². The van der Waals surface area contributed by atoms with Gasteiger partial charge in [-0.15, -0.1) is 0 Å². The summed E-state index contributed by atoms with van der Waals surface area (Å²) in [5, 5.41) is 0. The molecule has 0 fully saturated rings. The van der Waals surface area contributed by atoms with Gasteiger partial charge in [0, 0.05) is 16.6 Å². The molecule has 102 valence electrons. The molecule has 2 N–H and O–H groups in total. The van der Waals surface area contributed by atoms with Crippen LogP contribution in [0.3, 0.4) is 0 Å². The average molecular weight is 285 g/mol.